The Balaban J connectivity index is 2.12. The van der Waals surface area contributed by atoms with Crippen molar-refractivity contribution in [1.29, 1.82) is 0 Å². The van der Waals surface area contributed by atoms with Crippen LogP contribution in [0.2, 0.25) is 0 Å². The summed E-state index contributed by atoms with van der Waals surface area (Å²) in [5, 5.41) is 0. The van der Waals surface area contributed by atoms with E-state index in [1.165, 1.54) is 25.7 Å². The summed E-state index contributed by atoms with van der Waals surface area (Å²) in [5.74, 6) is 1.03. The molecular formula is C14H27I2N. The molecule has 0 aliphatic carbocycles. The van der Waals surface area contributed by atoms with Crippen LogP contribution in [0.4, 0.5) is 0 Å². The molecule has 2 aliphatic heterocycles. The van der Waals surface area contributed by atoms with E-state index in [1.54, 1.807) is 0 Å². The molecule has 0 radical (unpaired) electrons. The average molecular weight is 463 g/mol. The third-order valence-electron chi connectivity index (χ3n) is 4.39. The van der Waals surface area contributed by atoms with Gasteiger partial charge >= 0.3 is 129 Å². The predicted octanol–water partition coefficient (Wildman–Crippen LogP) is 4.76. The molecule has 2 rings (SSSR count). The van der Waals surface area contributed by atoms with Gasteiger partial charge in [-0.15, -0.1) is 0 Å². The molecule has 3 atom stereocenters. The molecule has 1 nitrogen and oxygen atoms in total. The molecule has 17 heavy (non-hydrogen) atoms. The zero-order chi connectivity index (χ0) is 12.8. The molecule has 2 saturated heterocycles. The standard InChI is InChI=1S/C14H27I2N/c1-14(2,3)13(16(4)5)10-8-11-6-7-12(9-10)17(11)15/h10-13H,6-9H2,1-5H3. The Kier molecular flexibility index (Phi) is 4.73. The van der Waals surface area contributed by atoms with E-state index in [2.05, 4.69) is 56.6 Å². The molecule has 102 valence electrons. The second kappa shape index (κ2) is 5.43. The van der Waals surface area contributed by atoms with Crippen LogP contribution in [0.1, 0.15) is 46.5 Å². The van der Waals surface area contributed by atoms with Crippen LogP contribution in [-0.2, 0) is 0 Å². The van der Waals surface area contributed by atoms with Gasteiger partial charge in [0.25, 0.3) is 0 Å². The van der Waals surface area contributed by atoms with E-state index in [-0.39, 0.29) is 0 Å². The number of fused-ring (bicyclic) bond motifs is 2. The first-order chi connectivity index (χ1) is 7.80. The fourth-order valence-electron chi connectivity index (χ4n) is 4.12. The third kappa shape index (κ3) is 3.12. The number of piperidine rings is 1. The Bertz CT molecular complexity index is 258. The molecule has 0 aromatic rings. The van der Waals surface area contributed by atoms with Crippen LogP contribution >= 0.6 is 42.7 Å². The molecule has 0 aromatic heterocycles. The SMILES string of the molecule is CI(C)C(C1CC2CCC(C1)N2I)C(C)(C)C. The van der Waals surface area contributed by atoms with Crippen LogP contribution in [0.15, 0.2) is 0 Å². The van der Waals surface area contributed by atoms with Crippen molar-refractivity contribution in [2.24, 2.45) is 11.3 Å². The fourth-order valence-corrected chi connectivity index (χ4v) is 11.5. The van der Waals surface area contributed by atoms with Crippen molar-refractivity contribution in [3.05, 3.63) is 0 Å². The molecule has 3 unspecified atom stereocenters. The summed E-state index contributed by atoms with van der Waals surface area (Å²) in [6.07, 6.45) is 5.89. The maximum atomic E-state index is 2.65. The average Bonchev–Trinajstić information content (AvgIpc) is 2.42. The minimum atomic E-state index is -0.727. The van der Waals surface area contributed by atoms with E-state index < -0.39 is 19.8 Å². The van der Waals surface area contributed by atoms with E-state index in [0.29, 0.717) is 5.41 Å². The topological polar surface area (TPSA) is 3.24 Å². The molecular weight excluding hydrogens is 436 g/mol. The predicted molar refractivity (Wildman–Crippen MR) is 94.5 cm³/mol. The number of rotatable bonds is 2. The summed E-state index contributed by atoms with van der Waals surface area (Å²) in [6, 6.07) is 1.81. The molecule has 2 bridgehead atoms. The molecule has 2 heterocycles. The van der Waals surface area contributed by atoms with E-state index in [1.807, 2.05) is 0 Å². The van der Waals surface area contributed by atoms with Crippen LogP contribution in [0.25, 0.3) is 0 Å². The van der Waals surface area contributed by atoms with Crippen molar-refractivity contribution >= 4 is 42.7 Å². The molecule has 0 amide bonds. The summed E-state index contributed by atoms with van der Waals surface area (Å²) in [6.45, 7) is 7.44. The maximum absolute atomic E-state index is 2.65. The van der Waals surface area contributed by atoms with Gasteiger partial charge in [0.1, 0.15) is 0 Å². The van der Waals surface area contributed by atoms with Crippen molar-refractivity contribution < 1.29 is 0 Å². The Morgan fingerprint density at radius 1 is 1.12 bits per heavy atom. The van der Waals surface area contributed by atoms with Crippen LogP contribution in [0, 0.1) is 11.3 Å². The quantitative estimate of drug-likeness (QED) is 0.325. The van der Waals surface area contributed by atoms with Crippen LogP contribution in [-0.4, -0.2) is 29.0 Å². The van der Waals surface area contributed by atoms with E-state index in [9.17, 15) is 0 Å². The number of nitrogens with zero attached hydrogens (tertiary/aromatic N) is 1. The van der Waals surface area contributed by atoms with E-state index in [4.69, 9.17) is 0 Å². The summed E-state index contributed by atoms with van der Waals surface area (Å²) in [7, 11) is 0. The number of halogens is 2. The van der Waals surface area contributed by atoms with Gasteiger partial charge in [0, 0.05) is 0 Å². The van der Waals surface area contributed by atoms with Crippen molar-refractivity contribution in [2.45, 2.75) is 62.5 Å². The third-order valence-corrected chi connectivity index (χ3v) is 11.5. The first-order valence-corrected chi connectivity index (χ1v) is 13.3. The second-order valence-electron chi connectivity index (χ2n) is 7.04. The Morgan fingerprint density at radius 2 is 1.59 bits per heavy atom. The Labute approximate surface area is 128 Å². The van der Waals surface area contributed by atoms with Crippen LogP contribution < -0.4 is 0 Å². The summed E-state index contributed by atoms with van der Waals surface area (Å²) in [5.41, 5.74) is 0.534. The second-order valence-corrected chi connectivity index (χ2v) is 14.1. The summed E-state index contributed by atoms with van der Waals surface area (Å²) in [4.78, 5) is 5.16. The Morgan fingerprint density at radius 3 is 1.94 bits per heavy atom. The van der Waals surface area contributed by atoms with Crippen molar-refractivity contribution in [2.75, 3.05) is 9.86 Å². The van der Waals surface area contributed by atoms with Crippen molar-refractivity contribution in [3.63, 3.8) is 0 Å². The summed E-state index contributed by atoms with van der Waals surface area (Å²) < 4.78 is 3.69. The minimum absolute atomic E-state index is 0.534. The monoisotopic (exact) mass is 463 g/mol. The zero-order valence-electron chi connectivity index (χ0n) is 11.8. The molecule has 0 N–H and O–H groups in total. The molecule has 3 heteroatoms. The molecule has 0 aromatic carbocycles. The van der Waals surface area contributed by atoms with Gasteiger partial charge in [-0.2, -0.15) is 0 Å². The van der Waals surface area contributed by atoms with Gasteiger partial charge < -0.3 is 0 Å². The van der Waals surface area contributed by atoms with Crippen LogP contribution in [0.5, 0.6) is 0 Å². The zero-order valence-corrected chi connectivity index (χ0v) is 16.2. The first-order valence-electron chi connectivity index (χ1n) is 6.73. The van der Waals surface area contributed by atoms with Crippen molar-refractivity contribution in [3.8, 4) is 0 Å². The van der Waals surface area contributed by atoms with Crippen LogP contribution in [0.3, 0.4) is 0 Å². The first kappa shape index (κ1) is 14.8. The van der Waals surface area contributed by atoms with Gasteiger partial charge in [-0.25, -0.2) is 0 Å². The molecule has 0 spiro atoms. The van der Waals surface area contributed by atoms with Gasteiger partial charge in [-0.3, -0.25) is 0 Å². The van der Waals surface area contributed by atoms with E-state index in [0.717, 1.165) is 21.9 Å². The number of hydrogen-bond acceptors (Lipinski definition) is 1. The van der Waals surface area contributed by atoms with Gasteiger partial charge in [-0.1, -0.05) is 0 Å². The fraction of sp³-hybridized carbons (Fsp3) is 1.00. The van der Waals surface area contributed by atoms with E-state index >= 15 is 0 Å². The van der Waals surface area contributed by atoms with Gasteiger partial charge in [-0.05, 0) is 0 Å². The summed E-state index contributed by atoms with van der Waals surface area (Å²) >= 11 is 1.86. The van der Waals surface area contributed by atoms with Gasteiger partial charge in [0.15, 0.2) is 0 Å². The molecule has 2 aliphatic rings. The molecule has 0 saturated carbocycles. The van der Waals surface area contributed by atoms with Gasteiger partial charge in [0.2, 0.25) is 0 Å². The number of hydrogen-bond donors (Lipinski definition) is 0. The Hall–Kier alpha value is 1.42. The van der Waals surface area contributed by atoms with Gasteiger partial charge in [0.05, 0.1) is 0 Å². The van der Waals surface area contributed by atoms with Crippen molar-refractivity contribution in [1.82, 2.24) is 3.11 Å². The normalized spacial score (nSPS) is 37.1. The number of alkyl halides is 3. The molecule has 2 fully saturated rings.